The van der Waals surface area contributed by atoms with E-state index in [0.29, 0.717) is 25.3 Å². The fourth-order valence-corrected chi connectivity index (χ4v) is 2.77. The van der Waals surface area contributed by atoms with Crippen LogP contribution in [0.15, 0.2) is 0 Å². The van der Waals surface area contributed by atoms with Crippen LogP contribution in [0.2, 0.25) is 0 Å². The minimum atomic E-state index is 0.00495. The zero-order valence-electron chi connectivity index (χ0n) is 8.95. The Balaban J connectivity index is 2.12. The first-order chi connectivity index (χ1) is 7.24. The van der Waals surface area contributed by atoms with Crippen LogP contribution in [-0.4, -0.2) is 29.3 Å². The number of amides is 2. The molecule has 2 amide bonds. The van der Waals surface area contributed by atoms with Gasteiger partial charge in [0.05, 0.1) is 0 Å². The molecule has 1 saturated carbocycles. The average molecular weight is 210 g/mol. The second-order valence-corrected chi connectivity index (χ2v) is 4.51. The topological polar surface area (TPSA) is 63.4 Å². The molecular weight excluding hydrogens is 192 g/mol. The number of rotatable bonds is 2. The van der Waals surface area contributed by atoms with Crippen molar-refractivity contribution in [2.75, 3.05) is 6.54 Å². The third-order valence-corrected chi connectivity index (χ3v) is 3.59. The number of hydrogen-bond donors (Lipinski definition) is 1. The van der Waals surface area contributed by atoms with E-state index in [1.165, 1.54) is 11.3 Å². The third kappa shape index (κ3) is 1.91. The molecule has 84 valence electrons. The Kier molecular flexibility index (Phi) is 3.05. The molecule has 0 radical (unpaired) electrons. The van der Waals surface area contributed by atoms with Crippen LogP contribution in [0.4, 0.5) is 0 Å². The van der Waals surface area contributed by atoms with Gasteiger partial charge in [0.15, 0.2) is 0 Å². The van der Waals surface area contributed by atoms with Crippen molar-refractivity contribution in [3.05, 3.63) is 0 Å². The van der Waals surface area contributed by atoms with E-state index < -0.39 is 0 Å². The number of nitrogens with zero attached hydrogens (tertiary/aromatic N) is 1. The lowest BCUT2D eigenvalue weighted by atomic mass is 9.83. The van der Waals surface area contributed by atoms with Crippen LogP contribution in [-0.2, 0) is 9.59 Å². The number of likely N-dealkylation sites (tertiary alicyclic amines) is 1. The van der Waals surface area contributed by atoms with Crippen LogP contribution in [0.5, 0.6) is 0 Å². The first-order valence-corrected chi connectivity index (χ1v) is 5.79. The Morgan fingerprint density at radius 3 is 2.33 bits per heavy atom. The van der Waals surface area contributed by atoms with Gasteiger partial charge < -0.3 is 5.73 Å². The molecule has 2 unspecified atom stereocenters. The molecule has 4 heteroatoms. The zero-order valence-corrected chi connectivity index (χ0v) is 8.95. The summed E-state index contributed by atoms with van der Waals surface area (Å²) >= 11 is 0. The molecule has 1 saturated heterocycles. The van der Waals surface area contributed by atoms with E-state index in [4.69, 9.17) is 5.73 Å². The molecule has 2 fully saturated rings. The predicted molar refractivity (Wildman–Crippen MR) is 55.9 cm³/mol. The minimum absolute atomic E-state index is 0.00495. The summed E-state index contributed by atoms with van der Waals surface area (Å²) in [4.78, 5) is 24.7. The van der Waals surface area contributed by atoms with E-state index in [1.807, 2.05) is 0 Å². The fourth-order valence-electron chi connectivity index (χ4n) is 2.77. The number of carbonyl (C=O) groups is 2. The molecule has 15 heavy (non-hydrogen) atoms. The van der Waals surface area contributed by atoms with Gasteiger partial charge in [-0.15, -0.1) is 0 Å². The molecule has 0 aromatic carbocycles. The SMILES string of the molecule is NCC1CCCCC1N1C(=O)CCC1=O. The summed E-state index contributed by atoms with van der Waals surface area (Å²) < 4.78 is 0. The molecule has 0 spiro atoms. The minimum Gasteiger partial charge on any atom is -0.330 e. The molecule has 2 N–H and O–H groups in total. The van der Waals surface area contributed by atoms with Crippen molar-refractivity contribution in [3.63, 3.8) is 0 Å². The van der Waals surface area contributed by atoms with Crippen LogP contribution >= 0.6 is 0 Å². The predicted octanol–water partition coefficient (Wildman–Crippen LogP) is 0.653. The maximum absolute atomic E-state index is 11.6. The molecular formula is C11H18N2O2. The van der Waals surface area contributed by atoms with Crippen molar-refractivity contribution in [1.82, 2.24) is 4.90 Å². The zero-order chi connectivity index (χ0) is 10.8. The van der Waals surface area contributed by atoms with Crippen molar-refractivity contribution >= 4 is 11.8 Å². The second kappa shape index (κ2) is 4.31. The molecule has 1 aliphatic heterocycles. The lowest BCUT2D eigenvalue weighted by Gasteiger charge is -2.36. The monoisotopic (exact) mass is 210 g/mol. The van der Waals surface area contributed by atoms with Crippen molar-refractivity contribution in [2.45, 2.75) is 44.6 Å². The van der Waals surface area contributed by atoms with Crippen molar-refractivity contribution in [3.8, 4) is 0 Å². The molecule has 1 heterocycles. The number of carbonyl (C=O) groups excluding carboxylic acids is 2. The van der Waals surface area contributed by atoms with Crippen molar-refractivity contribution < 1.29 is 9.59 Å². The standard InChI is InChI=1S/C11H18N2O2/c12-7-8-3-1-2-4-9(8)13-10(14)5-6-11(13)15/h8-9H,1-7,12H2. The maximum atomic E-state index is 11.6. The van der Waals surface area contributed by atoms with Crippen LogP contribution in [0.1, 0.15) is 38.5 Å². The quantitative estimate of drug-likeness (QED) is 0.681. The van der Waals surface area contributed by atoms with Gasteiger partial charge in [0, 0.05) is 18.9 Å². The molecule has 0 aromatic rings. The Morgan fingerprint density at radius 1 is 1.13 bits per heavy atom. The van der Waals surface area contributed by atoms with Gasteiger partial charge in [-0.3, -0.25) is 14.5 Å². The second-order valence-electron chi connectivity index (χ2n) is 4.51. The van der Waals surface area contributed by atoms with Gasteiger partial charge in [-0.1, -0.05) is 12.8 Å². The van der Waals surface area contributed by atoms with Gasteiger partial charge in [0.25, 0.3) is 0 Å². The molecule has 2 aliphatic rings. The molecule has 4 nitrogen and oxygen atoms in total. The third-order valence-electron chi connectivity index (χ3n) is 3.59. The molecule has 2 rings (SSSR count). The highest BCUT2D eigenvalue weighted by Gasteiger charge is 2.39. The van der Waals surface area contributed by atoms with Gasteiger partial charge in [0.2, 0.25) is 11.8 Å². The highest BCUT2D eigenvalue weighted by molar-refractivity contribution is 6.02. The van der Waals surface area contributed by atoms with E-state index in [9.17, 15) is 9.59 Å². The average Bonchev–Trinajstić information content (AvgIpc) is 2.59. The first-order valence-electron chi connectivity index (χ1n) is 5.79. The van der Waals surface area contributed by atoms with E-state index in [-0.39, 0.29) is 17.9 Å². The number of imide groups is 1. The Hall–Kier alpha value is -0.900. The summed E-state index contributed by atoms with van der Waals surface area (Å²) in [5, 5.41) is 0. The van der Waals surface area contributed by atoms with Crippen molar-refractivity contribution in [1.29, 1.82) is 0 Å². The largest absolute Gasteiger partial charge is 0.330 e. The van der Waals surface area contributed by atoms with Crippen molar-refractivity contribution in [2.24, 2.45) is 11.7 Å². The lowest BCUT2D eigenvalue weighted by molar-refractivity contribution is -0.143. The normalized spacial score (nSPS) is 32.5. The summed E-state index contributed by atoms with van der Waals surface area (Å²) in [6.07, 6.45) is 5.07. The van der Waals surface area contributed by atoms with Gasteiger partial charge in [-0.2, -0.15) is 0 Å². The van der Waals surface area contributed by atoms with Gasteiger partial charge in [-0.25, -0.2) is 0 Å². The Bertz CT molecular complexity index is 262. The van der Waals surface area contributed by atoms with Crippen LogP contribution in [0.3, 0.4) is 0 Å². The highest BCUT2D eigenvalue weighted by Crippen LogP contribution is 2.30. The molecule has 0 bridgehead atoms. The lowest BCUT2D eigenvalue weighted by Crippen LogP contribution is -2.47. The van der Waals surface area contributed by atoms with Crippen LogP contribution < -0.4 is 5.73 Å². The number of nitrogens with two attached hydrogens (primary N) is 1. The van der Waals surface area contributed by atoms with E-state index in [2.05, 4.69) is 0 Å². The smallest absolute Gasteiger partial charge is 0.229 e. The molecule has 1 aliphatic carbocycles. The summed E-state index contributed by atoms with van der Waals surface area (Å²) in [7, 11) is 0. The van der Waals surface area contributed by atoms with Crippen LogP contribution in [0.25, 0.3) is 0 Å². The van der Waals surface area contributed by atoms with E-state index in [1.54, 1.807) is 0 Å². The maximum Gasteiger partial charge on any atom is 0.229 e. The fraction of sp³-hybridized carbons (Fsp3) is 0.818. The Morgan fingerprint density at radius 2 is 1.73 bits per heavy atom. The summed E-state index contributed by atoms with van der Waals surface area (Å²) in [6, 6.07) is 0.0891. The van der Waals surface area contributed by atoms with Gasteiger partial charge in [-0.05, 0) is 25.3 Å². The first kappa shape index (κ1) is 10.6. The van der Waals surface area contributed by atoms with Crippen LogP contribution in [0, 0.1) is 5.92 Å². The summed E-state index contributed by atoms with van der Waals surface area (Å²) in [6.45, 7) is 0.585. The van der Waals surface area contributed by atoms with E-state index in [0.717, 1.165) is 19.3 Å². The van der Waals surface area contributed by atoms with E-state index >= 15 is 0 Å². The summed E-state index contributed by atoms with van der Waals surface area (Å²) in [5.41, 5.74) is 5.70. The molecule has 0 aromatic heterocycles. The number of hydrogen-bond acceptors (Lipinski definition) is 3. The summed E-state index contributed by atoms with van der Waals surface area (Å²) in [5.74, 6) is 0.334. The highest BCUT2D eigenvalue weighted by atomic mass is 16.2. The van der Waals surface area contributed by atoms with Gasteiger partial charge >= 0.3 is 0 Å². The molecule has 2 atom stereocenters. The Labute approximate surface area is 89.8 Å². The van der Waals surface area contributed by atoms with Gasteiger partial charge in [0.1, 0.15) is 0 Å².